The molecule has 2 N–H and O–H groups in total. The summed E-state index contributed by atoms with van der Waals surface area (Å²) in [6.45, 7) is 0. The van der Waals surface area contributed by atoms with E-state index in [0.29, 0.717) is 16.8 Å². The third-order valence-corrected chi connectivity index (χ3v) is 4.07. The van der Waals surface area contributed by atoms with E-state index in [1.165, 1.54) is 12.8 Å². The summed E-state index contributed by atoms with van der Waals surface area (Å²) in [5.41, 5.74) is 2.18. The molecule has 0 aliphatic heterocycles. The van der Waals surface area contributed by atoms with Crippen molar-refractivity contribution in [2.45, 2.75) is 31.7 Å². The molecule has 3 rings (SSSR count). The minimum absolute atomic E-state index is 0.105. The fourth-order valence-electron chi connectivity index (χ4n) is 2.66. The lowest BCUT2D eigenvalue weighted by Gasteiger charge is -2.12. The second-order valence-corrected chi connectivity index (χ2v) is 5.95. The van der Waals surface area contributed by atoms with Crippen molar-refractivity contribution in [3.05, 3.63) is 53.3 Å². The van der Waals surface area contributed by atoms with Crippen LogP contribution in [-0.2, 0) is 0 Å². The van der Waals surface area contributed by atoms with Crippen molar-refractivity contribution in [2.24, 2.45) is 0 Å². The van der Waals surface area contributed by atoms with E-state index in [9.17, 15) is 4.79 Å². The lowest BCUT2D eigenvalue weighted by molar-refractivity contribution is 0.0933. The van der Waals surface area contributed by atoms with Crippen molar-refractivity contribution in [1.82, 2.24) is 10.3 Å². The molecular weight excluding hydrogens is 298 g/mol. The van der Waals surface area contributed by atoms with Gasteiger partial charge in [-0.05, 0) is 49.2 Å². The number of carbonyl (C=O) groups excluding carboxylic acids is 1. The lowest BCUT2D eigenvalue weighted by Crippen LogP contribution is -2.33. The average molecular weight is 316 g/mol. The molecule has 0 bridgehead atoms. The largest absolute Gasteiger partial charge is 0.355 e. The minimum atomic E-state index is -0.105. The molecule has 0 spiro atoms. The Bertz CT molecular complexity index is 651. The summed E-state index contributed by atoms with van der Waals surface area (Å²) < 4.78 is 0. The summed E-state index contributed by atoms with van der Waals surface area (Å²) in [6, 6.07) is 11.3. The van der Waals surface area contributed by atoms with Crippen molar-refractivity contribution in [3.8, 4) is 0 Å². The van der Waals surface area contributed by atoms with Crippen LogP contribution in [-0.4, -0.2) is 16.9 Å². The maximum atomic E-state index is 12.2. The lowest BCUT2D eigenvalue weighted by atomic mass is 10.2. The zero-order valence-corrected chi connectivity index (χ0v) is 12.9. The van der Waals surface area contributed by atoms with Gasteiger partial charge in [0, 0.05) is 28.6 Å². The van der Waals surface area contributed by atoms with E-state index in [0.717, 1.165) is 24.2 Å². The van der Waals surface area contributed by atoms with E-state index in [4.69, 9.17) is 11.6 Å². The van der Waals surface area contributed by atoms with E-state index >= 15 is 0 Å². The van der Waals surface area contributed by atoms with Crippen LogP contribution in [0.3, 0.4) is 0 Å². The first kappa shape index (κ1) is 14.9. The van der Waals surface area contributed by atoms with E-state index in [1.54, 1.807) is 12.3 Å². The molecule has 1 aromatic carbocycles. The van der Waals surface area contributed by atoms with Gasteiger partial charge in [0.15, 0.2) is 0 Å². The monoisotopic (exact) mass is 315 g/mol. The number of anilines is 2. The Balaban J connectivity index is 1.68. The summed E-state index contributed by atoms with van der Waals surface area (Å²) in [6.07, 6.45) is 6.15. The van der Waals surface area contributed by atoms with E-state index in [1.807, 2.05) is 30.3 Å². The first-order chi connectivity index (χ1) is 10.7. The molecule has 114 valence electrons. The van der Waals surface area contributed by atoms with Crippen LogP contribution in [0, 0.1) is 0 Å². The van der Waals surface area contributed by atoms with Gasteiger partial charge in [0.1, 0.15) is 5.69 Å². The molecule has 5 heteroatoms. The molecule has 0 radical (unpaired) electrons. The molecule has 0 unspecified atom stereocenters. The molecule has 4 nitrogen and oxygen atoms in total. The van der Waals surface area contributed by atoms with Gasteiger partial charge in [-0.2, -0.15) is 0 Å². The van der Waals surface area contributed by atoms with Gasteiger partial charge in [-0.1, -0.05) is 24.4 Å². The van der Waals surface area contributed by atoms with Crippen LogP contribution in [0.1, 0.15) is 36.2 Å². The van der Waals surface area contributed by atoms with Gasteiger partial charge in [0.2, 0.25) is 0 Å². The van der Waals surface area contributed by atoms with Gasteiger partial charge in [0.05, 0.1) is 0 Å². The highest BCUT2D eigenvalue weighted by molar-refractivity contribution is 6.30. The van der Waals surface area contributed by atoms with Gasteiger partial charge < -0.3 is 10.6 Å². The standard InChI is InChI=1S/C17H18ClN3O/c18-12-5-7-14(8-6-12)20-15-9-10-19-16(11-15)17(22)21-13-3-1-2-4-13/h5-11,13H,1-4H2,(H,19,20)(H,21,22). The number of pyridine rings is 1. The maximum Gasteiger partial charge on any atom is 0.270 e. The second-order valence-electron chi connectivity index (χ2n) is 5.52. The fourth-order valence-corrected chi connectivity index (χ4v) is 2.79. The Labute approximate surface area is 134 Å². The molecule has 0 atom stereocenters. The van der Waals surface area contributed by atoms with Crippen molar-refractivity contribution in [3.63, 3.8) is 0 Å². The number of hydrogen-bond donors (Lipinski definition) is 2. The predicted molar refractivity (Wildman–Crippen MR) is 88.7 cm³/mol. The van der Waals surface area contributed by atoms with Gasteiger partial charge >= 0.3 is 0 Å². The molecule has 1 heterocycles. The Morgan fingerprint density at radius 1 is 1.09 bits per heavy atom. The topological polar surface area (TPSA) is 54.0 Å². The maximum absolute atomic E-state index is 12.2. The number of benzene rings is 1. The van der Waals surface area contributed by atoms with Crippen molar-refractivity contribution < 1.29 is 4.79 Å². The Hall–Kier alpha value is -2.07. The summed E-state index contributed by atoms with van der Waals surface area (Å²) in [7, 11) is 0. The molecule has 2 aromatic rings. The second kappa shape index (κ2) is 6.79. The summed E-state index contributed by atoms with van der Waals surface area (Å²) in [5, 5.41) is 6.98. The van der Waals surface area contributed by atoms with Crippen molar-refractivity contribution >= 4 is 28.9 Å². The summed E-state index contributed by atoms with van der Waals surface area (Å²) >= 11 is 5.87. The Kier molecular flexibility index (Phi) is 4.59. The molecular formula is C17H18ClN3O. The number of amides is 1. The van der Waals surface area contributed by atoms with Crippen LogP contribution in [0.4, 0.5) is 11.4 Å². The molecule has 1 aliphatic rings. The van der Waals surface area contributed by atoms with E-state index in [2.05, 4.69) is 15.6 Å². The number of carbonyl (C=O) groups is 1. The quantitative estimate of drug-likeness (QED) is 0.891. The van der Waals surface area contributed by atoms with Crippen LogP contribution in [0.2, 0.25) is 5.02 Å². The molecule has 1 fully saturated rings. The predicted octanol–water partition coefficient (Wildman–Crippen LogP) is 4.15. The zero-order valence-electron chi connectivity index (χ0n) is 12.2. The van der Waals surface area contributed by atoms with Gasteiger partial charge in [-0.3, -0.25) is 9.78 Å². The average Bonchev–Trinajstić information content (AvgIpc) is 3.03. The first-order valence-corrected chi connectivity index (χ1v) is 7.88. The highest BCUT2D eigenvalue weighted by Gasteiger charge is 2.18. The third-order valence-electron chi connectivity index (χ3n) is 3.82. The van der Waals surface area contributed by atoms with E-state index in [-0.39, 0.29) is 5.91 Å². The molecule has 1 amide bonds. The fraction of sp³-hybridized carbons (Fsp3) is 0.294. The van der Waals surface area contributed by atoms with Crippen molar-refractivity contribution in [1.29, 1.82) is 0 Å². The highest BCUT2D eigenvalue weighted by Crippen LogP contribution is 2.20. The van der Waals surface area contributed by atoms with E-state index < -0.39 is 0 Å². The number of hydrogen-bond acceptors (Lipinski definition) is 3. The molecule has 1 aromatic heterocycles. The smallest absolute Gasteiger partial charge is 0.270 e. The zero-order chi connectivity index (χ0) is 15.4. The SMILES string of the molecule is O=C(NC1CCCC1)c1cc(Nc2ccc(Cl)cc2)ccn1. The molecule has 1 aliphatic carbocycles. The Morgan fingerprint density at radius 3 is 2.55 bits per heavy atom. The third kappa shape index (κ3) is 3.77. The molecule has 22 heavy (non-hydrogen) atoms. The van der Waals surface area contributed by atoms with Crippen LogP contribution in [0.5, 0.6) is 0 Å². The molecule has 0 saturated heterocycles. The van der Waals surface area contributed by atoms with Crippen LogP contribution >= 0.6 is 11.6 Å². The van der Waals surface area contributed by atoms with Crippen LogP contribution in [0.15, 0.2) is 42.6 Å². The molecule has 1 saturated carbocycles. The Morgan fingerprint density at radius 2 is 1.82 bits per heavy atom. The number of halogens is 1. The summed E-state index contributed by atoms with van der Waals surface area (Å²) in [4.78, 5) is 16.4. The number of rotatable bonds is 4. The number of aromatic nitrogens is 1. The highest BCUT2D eigenvalue weighted by atomic mass is 35.5. The van der Waals surface area contributed by atoms with Gasteiger partial charge in [-0.25, -0.2) is 0 Å². The van der Waals surface area contributed by atoms with Gasteiger partial charge in [0.25, 0.3) is 5.91 Å². The normalized spacial score (nSPS) is 14.8. The summed E-state index contributed by atoms with van der Waals surface area (Å²) in [5.74, 6) is -0.105. The minimum Gasteiger partial charge on any atom is -0.355 e. The first-order valence-electron chi connectivity index (χ1n) is 7.50. The van der Waals surface area contributed by atoms with Crippen molar-refractivity contribution in [2.75, 3.05) is 5.32 Å². The number of nitrogens with zero attached hydrogens (tertiary/aromatic N) is 1. The van der Waals surface area contributed by atoms with Crippen LogP contribution in [0.25, 0.3) is 0 Å². The van der Waals surface area contributed by atoms with Gasteiger partial charge in [-0.15, -0.1) is 0 Å². The number of nitrogens with one attached hydrogen (secondary N) is 2. The van der Waals surface area contributed by atoms with Crippen LogP contribution < -0.4 is 10.6 Å².